The van der Waals surface area contributed by atoms with Crippen LogP contribution in [0.2, 0.25) is 0 Å². The molecule has 0 atom stereocenters. The van der Waals surface area contributed by atoms with Crippen LogP contribution < -0.4 is 10.6 Å². The maximum Gasteiger partial charge on any atom is 0.335 e. The van der Waals surface area contributed by atoms with Crippen LogP contribution in [0.5, 0.6) is 0 Å². The molecular weight excluding hydrogens is 232 g/mol. The highest BCUT2D eigenvalue weighted by atomic mass is 16.4. The normalized spacial score (nSPS) is 14.2. The van der Waals surface area contributed by atoms with Gasteiger partial charge in [0.2, 0.25) is 5.91 Å². The topological polar surface area (TPSA) is 78.4 Å². The first kappa shape index (κ1) is 12.6. The third kappa shape index (κ3) is 3.85. The number of benzene rings is 1. The van der Waals surface area contributed by atoms with E-state index in [1.165, 1.54) is 0 Å². The number of aromatic carboxylic acids is 1. The molecule has 1 aliphatic carbocycles. The second-order valence-corrected chi connectivity index (χ2v) is 4.45. The minimum atomic E-state index is -0.932. The van der Waals surface area contributed by atoms with E-state index in [1.54, 1.807) is 24.3 Å². The Morgan fingerprint density at radius 3 is 2.44 bits per heavy atom. The van der Waals surface area contributed by atoms with Gasteiger partial charge in [0, 0.05) is 12.6 Å². The fourth-order valence-corrected chi connectivity index (χ4v) is 1.59. The van der Waals surface area contributed by atoms with Crippen LogP contribution >= 0.6 is 0 Å². The number of nitrogens with one attached hydrogen (secondary N) is 2. The molecule has 1 aromatic carbocycles. The molecule has 96 valence electrons. The third-order valence-electron chi connectivity index (χ3n) is 2.76. The molecule has 1 saturated carbocycles. The minimum Gasteiger partial charge on any atom is -0.478 e. The van der Waals surface area contributed by atoms with E-state index in [0.717, 1.165) is 18.4 Å². The summed E-state index contributed by atoms with van der Waals surface area (Å²) in [5.41, 5.74) is 1.23. The molecule has 5 nitrogen and oxygen atoms in total. The van der Waals surface area contributed by atoms with Crippen LogP contribution in [0.15, 0.2) is 24.3 Å². The van der Waals surface area contributed by atoms with Gasteiger partial charge >= 0.3 is 5.97 Å². The average Bonchev–Trinajstić information content (AvgIpc) is 3.13. The molecule has 1 fully saturated rings. The van der Waals surface area contributed by atoms with E-state index in [1.807, 2.05) is 0 Å². The summed E-state index contributed by atoms with van der Waals surface area (Å²) < 4.78 is 0. The zero-order valence-corrected chi connectivity index (χ0v) is 9.98. The number of hydrogen-bond acceptors (Lipinski definition) is 3. The van der Waals surface area contributed by atoms with Gasteiger partial charge in [-0.15, -0.1) is 0 Å². The molecule has 0 aliphatic heterocycles. The molecule has 1 aromatic rings. The van der Waals surface area contributed by atoms with Gasteiger partial charge in [0.1, 0.15) is 0 Å². The number of amides is 1. The van der Waals surface area contributed by atoms with E-state index >= 15 is 0 Å². The van der Waals surface area contributed by atoms with Crippen molar-refractivity contribution >= 4 is 11.9 Å². The van der Waals surface area contributed by atoms with Crippen molar-refractivity contribution in [3.05, 3.63) is 35.4 Å². The maximum absolute atomic E-state index is 11.4. The van der Waals surface area contributed by atoms with Crippen LogP contribution in [-0.2, 0) is 11.3 Å². The predicted molar refractivity (Wildman–Crippen MR) is 66.3 cm³/mol. The number of rotatable bonds is 6. The molecule has 1 aliphatic rings. The predicted octanol–water partition coefficient (Wildman–Crippen LogP) is 0.753. The third-order valence-corrected chi connectivity index (χ3v) is 2.76. The number of carboxylic acid groups (broad SMARTS) is 1. The fourth-order valence-electron chi connectivity index (χ4n) is 1.59. The van der Waals surface area contributed by atoms with Gasteiger partial charge in [-0.2, -0.15) is 0 Å². The van der Waals surface area contributed by atoms with Crippen molar-refractivity contribution in [2.24, 2.45) is 0 Å². The molecule has 0 heterocycles. The number of carboxylic acids is 1. The fraction of sp³-hybridized carbons (Fsp3) is 0.385. The lowest BCUT2D eigenvalue weighted by molar-refractivity contribution is -0.120. The van der Waals surface area contributed by atoms with Gasteiger partial charge < -0.3 is 15.7 Å². The molecule has 0 aromatic heterocycles. The molecular formula is C13H16N2O3. The lowest BCUT2D eigenvalue weighted by Gasteiger charge is -2.06. The summed E-state index contributed by atoms with van der Waals surface area (Å²) >= 11 is 0. The molecule has 0 spiro atoms. The molecule has 0 unspecified atom stereocenters. The summed E-state index contributed by atoms with van der Waals surface area (Å²) in [6.07, 6.45) is 2.17. The summed E-state index contributed by atoms with van der Waals surface area (Å²) in [4.78, 5) is 22.0. The summed E-state index contributed by atoms with van der Waals surface area (Å²) in [5.74, 6) is -0.919. The first-order chi connectivity index (χ1) is 8.65. The van der Waals surface area contributed by atoms with Gasteiger partial charge in [0.05, 0.1) is 12.1 Å². The van der Waals surface area contributed by atoms with E-state index < -0.39 is 5.97 Å². The monoisotopic (exact) mass is 248 g/mol. The molecule has 5 heteroatoms. The van der Waals surface area contributed by atoms with E-state index in [9.17, 15) is 9.59 Å². The summed E-state index contributed by atoms with van der Waals surface area (Å²) in [6.45, 7) is 0.842. The maximum atomic E-state index is 11.4. The van der Waals surface area contributed by atoms with E-state index in [0.29, 0.717) is 12.6 Å². The highest BCUT2D eigenvalue weighted by Crippen LogP contribution is 2.18. The molecule has 1 amide bonds. The van der Waals surface area contributed by atoms with Gasteiger partial charge in [-0.3, -0.25) is 4.79 Å². The first-order valence-electron chi connectivity index (χ1n) is 5.97. The Kier molecular flexibility index (Phi) is 3.94. The Hall–Kier alpha value is -1.88. The Balaban J connectivity index is 1.72. The lowest BCUT2D eigenvalue weighted by atomic mass is 10.1. The average molecular weight is 248 g/mol. The van der Waals surface area contributed by atoms with Crippen molar-refractivity contribution in [2.45, 2.75) is 25.4 Å². The summed E-state index contributed by atoms with van der Waals surface area (Å²) in [6, 6.07) is 6.99. The zero-order chi connectivity index (χ0) is 13.0. The second-order valence-electron chi connectivity index (χ2n) is 4.45. The largest absolute Gasteiger partial charge is 0.478 e. The van der Waals surface area contributed by atoms with Crippen LogP contribution in [0, 0.1) is 0 Å². The van der Waals surface area contributed by atoms with Crippen LogP contribution in [0.4, 0.5) is 0 Å². The summed E-state index contributed by atoms with van der Waals surface area (Å²) in [5, 5.41) is 14.7. The molecule has 18 heavy (non-hydrogen) atoms. The quantitative estimate of drug-likeness (QED) is 0.694. The van der Waals surface area contributed by atoms with Crippen LogP contribution in [0.25, 0.3) is 0 Å². The van der Waals surface area contributed by atoms with Gasteiger partial charge in [0.25, 0.3) is 0 Å². The van der Waals surface area contributed by atoms with Crippen molar-refractivity contribution in [2.75, 3.05) is 6.54 Å². The van der Waals surface area contributed by atoms with Crippen molar-refractivity contribution in [3.8, 4) is 0 Å². The van der Waals surface area contributed by atoms with Gasteiger partial charge in [-0.25, -0.2) is 4.79 Å². The Morgan fingerprint density at radius 2 is 1.89 bits per heavy atom. The number of carbonyl (C=O) groups excluding carboxylic acids is 1. The number of hydrogen-bond donors (Lipinski definition) is 3. The Bertz CT molecular complexity index is 438. The van der Waals surface area contributed by atoms with Crippen LogP contribution in [-0.4, -0.2) is 29.6 Å². The van der Waals surface area contributed by atoms with Crippen molar-refractivity contribution in [1.82, 2.24) is 10.6 Å². The highest BCUT2D eigenvalue weighted by Gasteiger charge is 2.22. The first-order valence-corrected chi connectivity index (χ1v) is 5.97. The Labute approximate surface area is 105 Å². The van der Waals surface area contributed by atoms with Gasteiger partial charge in [-0.05, 0) is 30.5 Å². The van der Waals surface area contributed by atoms with Crippen molar-refractivity contribution in [3.63, 3.8) is 0 Å². The van der Waals surface area contributed by atoms with Gasteiger partial charge in [-0.1, -0.05) is 12.1 Å². The SMILES string of the molecule is O=C(CNCc1ccc(C(=O)O)cc1)NC1CC1. The van der Waals surface area contributed by atoms with Crippen LogP contribution in [0.3, 0.4) is 0 Å². The Morgan fingerprint density at radius 1 is 1.22 bits per heavy atom. The molecule has 0 bridgehead atoms. The summed E-state index contributed by atoms with van der Waals surface area (Å²) in [7, 11) is 0. The molecule has 0 radical (unpaired) electrons. The van der Waals surface area contributed by atoms with E-state index in [4.69, 9.17) is 5.11 Å². The van der Waals surface area contributed by atoms with E-state index in [-0.39, 0.29) is 18.0 Å². The van der Waals surface area contributed by atoms with E-state index in [2.05, 4.69) is 10.6 Å². The number of carbonyl (C=O) groups is 2. The minimum absolute atomic E-state index is 0.0136. The second kappa shape index (κ2) is 5.64. The van der Waals surface area contributed by atoms with Gasteiger partial charge in [0.15, 0.2) is 0 Å². The lowest BCUT2D eigenvalue weighted by Crippen LogP contribution is -2.34. The highest BCUT2D eigenvalue weighted by molar-refractivity contribution is 5.87. The standard InChI is InChI=1S/C13H16N2O3/c16-12(15-11-5-6-11)8-14-7-9-1-3-10(4-2-9)13(17)18/h1-4,11,14H,5-8H2,(H,15,16)(H,17,18). The van der Waals surface area contributed by atoms with Crippen molar-refractivity contribution in [1.29, 1.82) is 0 Å². The molecule has 3 N–H and O–H groups in total. The van der Waals surface area contributed by atoms with Crippen LogP contribution in [0.1, 0.15) is 28.8 Å². The smallest absolute Gasteiger partial charge is 0.335 e. The van der Waals surface area contributed by atoms with Crippen molar-refractivity contribution < 1.29 is 14.7 Å². The molecule has 0 saturated heterocycles. The molecule has 2 rings (SSSR count). The zero-order valence-electron chi connectivity index (χ0n) is 9.98.